The molecule has 2 nitrogen and oxygen atoms in total. The molecule has 0 saturated heterocycles. The largest absolute Gasteiger partial charge is 0.298 e. The summed E-state index contributed by atoms with van der Waals surface area (Å²) in [7, 11) is -1.65. The highest BCUT2D eigenvalue weighted by atomic mass is 28.3. The zero-order valence-electron chi connectivity index (χ0n) is 13.7. The summed E-state index contributed by atoms with van der Waals surface area (Å²) in [5, 5.41) is 1.13. The number of benzene rings is 1. The van der Waals surface area contributed by atoms with Gasteiger partial charge in [-0.15, -0.1) is 0 Å². The zero-order chi connectivity index (χ0) is 15.7. The Kier molecular flexibility index (Phi) is 7.58. The van der Waals surface area contributed by atoms with Gasteiger partial charge in [0.05, 0.1) is 8.07 Å². The van der Waals surface area contributed by atoms with Crippen molar-refractivity contribution in [1.29, 1.82) is 0 Å². The number of carbonyl (C=O) groups is 2. The fraction of sp³-hybridized carbons (Fsp3) is 0.556. The average molecular weight is 305 g/mol. The van der Waals surface area contributed by atoms with Crippen LogP contribution in [0, 0.1) is 0 Å². The molecule has 0 aromatic heterocycles. The lowest BCUT2D eigenvalue weighted by molar-refractivity contribution is 0.111. The van der Waals surface area contributed by atoms with Gasteiger partial charge >= 0.3 is 0 Å². The van der Waals surface area contributed by atoms with Gasteiger partial charge in [0, 0.05) is 11.1 Å². The van der Waals surface area contributed by atoms with Crippen molar-refractivity contribution in [2.75, 3.05) is 0 Å². The summed E-state index contributed by atoms with van der Waals surface area (Å²) in [5.41, 5.74) is 1.45. The fourth-order valence-electron chi connectivity index (χ4n) is 2.82. The standard InChI is InChI=1S/C18H28O2Si/c1-4-5-6-7-8-9-12-21(2,3)18-13-16(14-19)10-11-17(18)15-20/h10-11,13-15H,4-9,12H2,1-3H3. The first kappa shape index (κ1) is 17.8. The van der Waals surface area contributed by atoms with E-state index in [9.17, 15) is 9.59 Å². The first-order valence-corrected chi connectivity index (χ1v) is 11.3. The third-order valence-corrected chi connectivity index (χ3v) is 7.72. The smallest absolute Gasteiger partial charge is 0.150 e. The summed E-state index contributed by atoms with van der Waals surface area (Å²) in [6, 6.07) is 6.64. The van der Waals surface area contributed by atoms with Gasteiger partial charge < -0.3 is 0 Å². The molecule has 1 aromatic rings. The van der Waals surface area contributed by atoms with Crippen molar-refractivity contribution in [3.05, 3.63) is 29.3 Å². The number of hydrogen-bond acceptors (Lipinski definition) is 2. The number of unbranched alkanes of at least 4 members (excludes halogenated alkanes) is 5. The Labute approximate surface area is 130 Å². The molecular weight excluding hydrogens is 276 g/mol. The highest BCUT2D eigenvalue weighted by molar-refractivity contribution is 6.90. The lowest BCUT2D eigenvalue weighted by atomic mass is 10.1. The van der Waals surface area contributed by atoms with E-state index >= 15 is 0 Å². The van der Waals surface area contributed by atoms with Crippen molar-refractivity contribution in [3.63, 3.8) is 0 Å². The number of aldehydes is 2. The van der Waals surface area contributed by atoms with E-state index in [0.717, 1.165) is 23.3 Å². The molecule has 116 valence electrons. The maximum Gasteiger partial charge on any atom is 0.150 e. The molecule has 0 saturated carbocycles. The van der Waals surface area contributed by atoms with Gasteiger partial charge in [-0.3, -0.25) is 9.59 Å². The summed E-state index contributed by atoms with van der Waals surface area (Å²) >= 11 is 0. The fourth-order valence-corrected chi connectivity index (χ4v) is 5.70. The van der Waals surface area contributed by atoms with E-state index < -0.39 is 8.07 Å². The predicted octanol–water partition coefficient (Wildman–Crippen LogP) is 4.59. The molecule has 0 aliphatic carbocycles. The summed E-state index contributed by atoms with van der Waals surface area (Å²) in [5.74, 6) is 0. The Hall–Kier alpha value is -1.22. The molecular formula is C18H28O2Si. The molecule has 1 aromatic carbocycles. The van der Waals surface area contributed by atoms with Crippen LogP contribution < -0.4 is 5.19 Å². The van der Waals surface area contributed by atoms with Gasteiger partial charge in [0.2, 0.25) is 0 Å². The number of rotatable bonds is 10. The summed E-state index contributed by atoms with van der Waals surface area (Å²) in [6.07, 6.45) is 9.56. The maximum absolute atomic E-state index is 11.3. The molecule has 0 fully saturated rings. The normalized spacial score (nSPS) is 11.4. The van der Waals surface area contributed by atoms with Crippen LogP contribution in [0.15, 0.2) is 18.2 Å². The monoisotopic (exact) mass is 304 g/mol. The van der Waals surface area contributed by atoms with Crippen LogP contribution in [0.2, 0.25) is 19.1 Å². The van der Waals surface area contributed by atoms with Crippen molar-refractivity contribution in [3.8, 4) is 0 Å². The van der Waals surface area contributed by atoms with Crippen LogP contribution in [0.25, 0.3) is 0 Å². The molecule has 0 aliphatic heterocycles. The highest BCUT2D eigenvalue weighted by Gasteiger charge is 2.25. The summed E-state index contributed by atoms with van der Waals surface area (Å²) in [6.45, 7) is 6.84. The maximum atomic E-state index is 11.3. The van der Waals surface area contributed by atoms with Crippen molar-refractivity contribution in [2.45, 2.75) is 64.6 Å². The third-order valence-electron chi connectivity index (χ3n) is 4.22. The van der Waals surface area contributed by atoms with Gasteiger partial charge in [0.1, 0.15) is 12.6 Å². The second kappa shape index (κ2) is 8.93. The quantitative estimate of drug-likeness (QED) is 0.360. The van der Waals surface area contributed by atoms with E-state index in [4.69, 9.17) is 0 Å². The minimum atomic E-state index is -1.65. The molecule has 0 unspecified atom stereocenters. The van der Waals surface area contributed by atoms with Gasteiger partial charge in [-0.2, -0.15) is 0 Å². The second-order valence-electron chi connectivity index (χ2n) is 6.48. The molecule has 0 radical (unpaired) electrons. The van der Waals surface area contributed by atoms with Crippen LogP contribution in [0.5, 0.6) is 0 Å². The van der Waals surface area contributed by atoms with Crippen molar-refractivity contribution >= 4 is 25.8 Å². The Balaban J connectivity index is 2.68. The van der Waals surface area contributed by atoms with Gasteiger partial charge in [-0.1, -0.05) is 82.8 Å². The Bertz CT molecular complexity index is 466. The molecule has 0 N–H and O–H groups in total. The molecule has 21 heavy (non-hydrogen) atoms. The minimum absolute atomic E-state index is 0.680. The first-order chi connectivity index (χ1) is 10.0. The van der Waals surface area contributed by atoms with Crippen molar-refractivity contribution < 1.29 is 9.59 Å². The van der Waals surface area contributed by atoms with E-state index in [1.54, 1.807) is 12.1 Å². The molecule has 0 bridgehead atoms. The first-order valence-electron chi connectivity index (χ1n) is 8.10. The second-order valence-corrected chi connectivity index (χ2v) is 11.3. The highest BCUT2D eigenvalue weighted by Crippen LogP contribution is 2.18. The van der Waals surface area contributed by atoms with E-state index in [2.05, 4.69) is 20.0 Å². The van der Waals surface area contributed by atoms with Gasteiger partial charge in [0.25, 0.3) is 0 Å². The molecule has 3 heteroatoms. The van der Waals surface area contributed by atoms with E-state index in [1.165, 1.54) is 44.6 Å². The Morgan fingerprint density at radius 3 is 2.24 bits per heavy atom. The molecule has 0 spiro atoms. The molecule has 0 aliphatic rings. The lowest BCUT2D eigenvalue weighted by Gasteiger charge is -2.25. The molecule has 0 amide bonds. The summed E-state index contributed by atoms with van der Waals surface area (Å²) in [4.78, 5) is 22.2. The topological polar surface area (TPSA) is 34.1 Å². The lowest BCUT2D eigenvalue weighted by Crippen LogP contribution is -2.43. The van der Waals surface area contributed by atoms with Gasteiger partial charge in [0.15, 0.2) is 0 Å². The minimum Gasteiger partial charge on any atom is -0.298 e. The van der Waals surface area contributed by atoms with Crippen molar-refractivity contribution in [1.82, 2.24) is 0 Å². The molecule has 0 heterocycles. The predicted molar refractivity (Wildman–Crippen MR) is 92.5 cm³/mol. The van der Waals surface area contributed by atoms with Crippen LogP contribution in [0.4, 0.5) is 0 Å². The molecule has 1 rings (SSSR count). The molecule has 0 atom stereocenters. The SMILES string of the molecule is CCCCCCCC[Si](C)(C)c1cc(C=O)ccc1C=O. The van der Waals surface area contributed by atoms with Gasteiger partial charge in [-0.05, 0) is 5.19 Å². The number of hydrogen-bond donors (Lipinski definition) is 0. The van der Waals surface area contributed by atoms with Crippen LogP contribution in [0.1, 0.15) is 66.2 Å². The van der Waals surface area contributed by atoms with E-state index in [-0.39, 0.29) is 0 Å². The average Bonchev–Trinajstić information content (AvgIpc) is 2.50. The summed E-state index contributed by atoms with van der Waals surface area (Å²) < 4.78 is 0. The third kappa shape index (κ3) is 5.58. The Morgan fingerprint density at radius 2 is 1.62 bits per heavy atom. The van der Waals surface area contributed by atoms with Crippen LogP contribution in [0.3, 0.4) is 0 Å². The van der Waals surface area contributed by atoms with Crippen LogP contribution in [-0.2, 0) is 0 Å². The van der Waals surface area contributed by atoms with Crippen LogP contribution >= 0.6 is 0 Å². The van der Waals surface area contributed by atoms with E-state index in [0.29, 0.717) is 5.56 Å². The Morgan fingerprint density at radius 1 is 0.952 bits per heavy atom. The number of carbonyl (C=O) groups excluding carboxylic acids is 2. The van der Waals surface area contributed by atoms with Crippen molar-refractivity contribution in [2.24, 2.45) is 0 Å². The van der Waals surface area contributed by atoms with Gasteiger partial charge in [-0.25, -0.2) is 0 Å². The zero-order valence-corrected chi connectivity index (χ0v) is 14.7. The van der Waals surface area contributed by atoms with E-state index in [1.807, 2.05) is 6.07 Å². The van der Waals surface area contributed by atoms with Crippen LogP contribution in [-0.4, -0.2) is 20.6 Å².